The van der Waals surface area contributed by atoms with Crippen LogP contribution in [-0.4, -0.2) is 42.3 Å². The Morgan fingerprint density at radius 1 is 1.24 bits per heavy atom. The lowest BCUT2D eigenvalue weighted by Crippen LogP contribution is -2.26. The molecule has 0 atom stereocenters. The molecule has 1 amide bonds. The summed E-state index contributed by atoms with van der Waals surface area (Å²) in [7, 11) is -2.91. The molecule has 2 aliphatic carbocycles. The number of carbonyl (C=O) groups excluding carboxylic acids is 1. The number of amides is 1. The summed E-state index contributed by atoms with van der Waals surface area (Å²) in [6.07, 6.45) is 8.66. The van der Waals surface area contributed by atoms with E-state index in [0.29, 0.717) is 28.0 Å². The van der Waals surface area contributed by atoms with Crippen LogP contribution in [0.2, 0.25) is 0 Å². The van der Waals surface area contributed by atoms with E-state index in [0.717, 1.165) is 44.7 Å². The zero-order valence-electron chi connectivity index (χ0n) is 16.3. The number of halogens is 1. The number of thiazole rings is 1. The van der Waals surface area contributed by atoms with Crippen molar-refractivity contribution in [2.45, 2.75) is 51.0 Å². The third-order valence-electron chi connectivity index (χ3n) is 5.64. The summed E-state index contributed by atoms with van der Waals surface area (Å²) in [5.74, 6) is 0.520. The highest BCUT2D eigenvalue weighted by Crippen LogP contribution is 2.36. The van der Waals surface area contributed by atoms with Crippen LogP contribution in [0.25, 0.3) is 10.2 Å². The van der Waals surface area contributed by atoms with Gasteiger partial charge >= 0.3 is 0 Å². The molecule has 0 aromatic carbocycles. The van der Waals surface area contributed by atoms with Crippen LogP contribution in [0.1, 0.15) is 44.9 Å². The highest BCUT2D eigenvalue weighted by atomic mass is 32.2. The van der Waals surface area contributed by atoms with Crippen molar-refractivity contribution in [3.8, 4) is 0 Å². The molecule has 0 spiro atoms. The highest BCUT2D eigenvalue weighted by Gasteiger charge is 2.30. The summed E-state index contributed by atoms with van der Waals surface area (Å²) in [6.45, 7) is 0. The normalized spacial score (nSPS) is 22.6. The molecular weight excluding hydrogens is 415 g/mol. The lowest BCUT2D eigenvalue weighted by molar-refractivity contribution is -0.117. The van der Waals surface area contributed by atoms with E-state index in [-0.39, 0.29) is 29.1 Å². The van der Waals surface area contributed by atoms with Gasteiger partial charge in [0.1, 0.15) is 20.1 Å². The number of pyridine rings is 1. The van der Waals surface area contributed by atoms with Gasteiger partial charge in [-0.15, -0.1) is 0 Å². The molecule has 2 N–H and O–H groups in total. The molecular formula is C19H25FN4O3S2. The van der Waals surface area contributed by atoms with Crippen molar-refractivity contribution in [1.29, 1.82) is 0 Å². The number of sulfone groups is 1. The number of nitrogens with zero attached hydrogens (tertiary/aromatic N) is 2. The molecule has 4 rings (SSSR count). The van der Waals surface area contributed by atoms with Gasteiger partial charge in [0.2, 0.25) is 5.91 Å². The van der Waals surface area contributed by atoms with Gasteiger partial charge in [-0.2, -0.15) is 0 Å². The molecule has 2 aliphatic rings. The van der Waals surface area contributed by atoms with Crippen LogP contribution in [-0.2, 0) is 14.6 Å². The number of hydrogen-bond donors (Lipinski definition) is 2. The van der Waals surface area contributed by atoms with Crippen molar-refractivity contribution in [2.75, 3.05) is 22.6 Å². The lowest BCUT2D eigenvalue weighted by Gasteiger charge is -2.28. The molecule has 7 nitrogen and oxygen atoms in total. The van der Waals surface area contributed by atoms with Gasteiger partial charge in [0.05, 0.1) is 11.9 Å². The van der Waals surface area contributed by atoms with Gasteiger partial charge in [0, 0.05) is 18.2 Å². The largest absolute Gasteiger partial charge is 0.359 e. The van der Waals surface area contributed by atoms with Gasteiger partial charge < -0.3 is 10.6 Å². The lowest BCUT2D eigenvalue weighted by atomic mass is 9.84. The van der Waals surface area contributed by atoms with Gasteiger partial charge in [0.15, 0.2) is 16.8 Å². The molecule has 0 unspecified atom stereocenters. The highest BCUT2D eigenvalue weighted by molar-refractivity contribution is 7.90. The summed E-state index contributed by atoms with van der Waals surface area (Å²) in [5, 5.41) is 6.81. The van der Waals surface area contributed by atoms with Crippen LogP contribution >= 0.6 is 11.3 Å². The summed E-state index contributed by atoms with van der Waals surface area (Å²) < 4.78 is 37.4. The third-order valence-corrected chi connectivity index (χ3v) is 7.61. The SMILES string of the molecule is CS(=O)(=O)CCC1CCC(Nc2nc3c(F)cnc(NC(=O)C4CC4)c3s2)CC1. The van der Waals surface area contributed by atoms with Crippen molar-refractivity contribution >= 4 is 48.2 Å². The molecule has 2 heterocycles. The van der Waals surface area contributed by atoms with Crippen LogP contribution in [0.4, 0.5) is 15.3 Å². The van der Waals surface area contributed by atoms with E-state index in [1.54, 1.807) is 0 Å². The number of anilines is 2. The van der Waals surface area contributed by atoms with E-state index < -0.39 is 15.7 Å². The Kier molecular flexibility index (Phi) is 5.74. The average molecular weight is 441 g/mol. The monoisotopic (exact) mass is 440 g/mol. The molecule has 158 valence electrons. The first-order valence-corrected chi connectivity index (χ1v) is 12.9. The average Bonchev–Trinajstić information content (AvgIpc) is 3.43. The minimum Gasteiger partial charge on any atom is -0.359 e. The first-order valence-electron chi connectivity index (χ1n) is 9.98. The molecule has 10 heteroatoms. The molecule has 0 aliphatic heterocycles. The molecule has 2 fully saturated rings. The van der Waals surface area contributed by atoms with Gasteiger partial charge in [-0.05, 0) is 50.9 Å². The van der Waals surface area contributed by atoms with E-state index >= 15 is 0 Å². The first-order chi connectivity index (χ1) is 13.8. The Morgan fingerprint density at radius 3 is 2.62 bits per heavy atom. The maximum absolute atomic E-state index is 14.2. The first kappa shape index (κ1) is 20.5. The zero-order valence-corrected chi connectivity index (χ0v) is 17.9. The molecule has 29 heavy (non-hydrogen) atoms. The summed E-state index contributed by atoms with van der Waals surface area (Å²) >= 11 is 1.30. The van der Waals surface area contributed by atoms with Crippen LogP contribution in [0.3, 0.4) is 0 Å². The maximum Gasteiger partial charge on any atom is 0.228 e. The second-order valence-electron chi connectivity index (χ2n) is 8.20. The van der Waals surface area contributed by atoms with Crippen LogP contribution in [0.15, 0.2) is 6.20 Å². The Hall–Kier alpha value is -1.81. The number of fused-ring (bicyclic) bond motifs is 1. The van der Waals surface area contributed by atoms with Crippen molar-refractivity contribution in [3.05, 3.63) is 12.0 Å². The zero-order chi connectivity index (χ0) is 20.6. The minimum atomic E-state index is -2.91. The molecule has 2 aromatic heterocycles. The minimum absolute atomic E-state index is 0.0419. The van der Waals surface area contributed by atoms with Crippen molar-refractivity contribution in [3.63, 3.8) is 0 Å². The fraction of sp³-hybridized carbons (Fsp3) is 0.632. The molecule has 0 bridgehead atoms. The van der Waals surface area contributed by atoms with Crippen molar-refractivity contribution < 1.29 is 17.6 Å². The van der Waals surface area contributed by atoms with Gasteiger partial charge in [0.25, 0.3) is 0 Å². The van der Waals surface area contributed by atoms with Gasteiger partial charge in [-0.25, -0.2) is 22.8 Å². The third kappa shape index (κ3) is 5.22. The van der Waals surface area contributed by atoms with Crippen LogP contribution in [0, 0.1) is 17.7 Å². The predicted octanol–water partition coefficient (Wildman–Crippen LogP) is 3.58. The Balaban J connectivity index is 1.40. The van der Waals surface area contributed by atoms with Gasteiger partial charge in [-0.1, -0.05) is 11.3 Å². The molecule has 2 saturated carbocycles. The second kappa shape index (κ2) is 8.14. The van der Waals surface area contributed by atoms with Crippen LogP contribution in [0.5, 0.6) is 0 Å². The second-order valence-corrected chi connectivity index (χ2v) is 11.5. The Labute approximate surface area is 173 Å². The van der Waals surface area contributed by atoms with E-state index in [4.69, 9.17) is 0 Å². The topological polar surface area (TPSA) is 101 Å². The number of carbonyl (C=O) groups is 1. The van der Waals surface area contributed by atoms with Gasteiger partial charge in [-0.3, -0.25) is 4.79 Å². The molecule has 2 aromatic rings. The summed E-state index contributed by atoms with van der Waals surface area (Å²) in [5.41, 5.74) is 0.223. The summed E-state index contributed by atoms with van der Waals surface area (Å²) in [4.78, 5) is 20.5. The standard InChI is InChI=1S/C19H25FN4O3S2/c1-29(26,27)9-8-11-2-6-13(7-3-11)22-19-23-15-14(20)10-21-17(16(15)28-19)24-18(25)12-4-5-12/h10-13H,2-9H2,1H3,(H,22,23)(H,21,24,25). The quantitative estimate of drug-likeness (QED) is 0.682. The maximum atomic E-state index is 14.2. The molecule has 0 saturated heterocycles. The van der Waals surface area contributed by atoms with Crippen molar-refractivity contribution in [2.24, 2.45) is 11.8 Å². The Morgan fingerprint density at radius 2 is 1.97 bits per heavy atom. The van der Waals surface area contributed by atoms with E-state index in [2.05, 4.69) is 20.6 Å². The number of hydrogen-bond acceptors (Lipinski definition) is 7. The summed E-state index contributed by atoms with van der Waals surface area (Å²) in [6, 6.07) is 0.227. The fourth-order valence-corrected chi connectivity index (χ4v) is 5.51. The number of rotatable bonds is 7. The van der Waals surface area contributed by atoms with E-state index in [1.165, 1.54) is 17.6 Å². The smallest absolute Gasteiger partial charge is 0.228 e. The number of nitrogens with one attached hydrogen (secondary N) is 2. The number of aromatic nitrogens is 2. The Bertz CT molecular complexity index is 1010. The predicted molar refractivity (Wildman–Crippen MR) is 112 cm³/mol. The molecule has 0 radical (unpaired) electrons. The van der Waals surface area contributed by atoms with E-state index in [9.17, 15) is 17.6 Å². The van der Waals surface area contributed by atoms with E-state index in [1.807, 2.05) is 0 Å². The fourth-order valence-electron chi connectivity index (χ4n) is 3.75. The van der Waals surface area contributed by atoms with Crippen molar-refractivity contribution in [1.82, 2.24) is 9.97 Å². The van der Waals surface area contributed by atoms with Crippen LogP contribution < -0.4 is 10.6 Å².